The number of carboxylic acid groups (broad SMARTS) is 1. The summed E-state index contributed by atoms with van der Waals surface area (Å²) in [5.41, 5.74) is 0.0610. The quantitative estimate of drug-likeness (QED) is 0.875. The molecule has 1 fully saturated rings. The number of halogens is 1. The molecule has 0 spiro atoms. The molecule has 0 bridgehead atoms. The molecular formula is C14H17FN2O3. The fourth-order valence-corrected chi connectivity index (χ4v) is 2.36. The van der Waals surface area contributed by atoms with Crippen LogP contribution in [0.3, 0.4) is 0 Å². The van der Waals surface area contributed by atoms with Crippen LogP contribution in [-0.4, -0.2) is 34.6 Å². The van der Waals surface area contributed by atoms with Crippen LogP contribution in [-0.2, 0) is 4.79 Å². The van der Waals surface area contributed by atoms with Gasteiger partial charge >= 0.3 is 12.0 Å². The molecule has 2 rings (SSSR count). The van der Waals surface area contributed by atoms with Crippen LogP contribution in [0.2, 0.25) is 0 Å². The first kappa shape index (κ1) is 14.3. The number of carbonyl (C=O) groups excluding carboxylic acids is 1. The lowest BCUT2D eigenvalue weighted by molar-refractivity contribution is -0.142. The van der Waals surface area contributed by atoms with Crippen LogP contribution in [0, 0.1) is 5.82 Å². The van der Waals surface area contributed by atoms with E-state index in [0.29, 0.717) is 13.0 Å². The van der Waals surface area contributed by atoms with Gasteiger partial charge in [-0.2, -0.15) is 0 Å². The zero-order valence-electron chi connectivity index (χ0n) is 11.0. The third kappa shape index (κ3) is 3.26. The number of hydrogen-bond acceptors (Lipinski definition) is 2. The van der Waals surface area contributed by atoms with Crippen molar-refractivity contribution in [1.29, 1.82) is 0 Å². The van der Waals surface area contributed by atoms with Crippen molar-refractivity contribution in [2.45, 2.75) is 31.7 Å². The van der Waals surface area contributed by atoms with Gasteiger partial charge in [-0.15, -0.1) is 0 Å². The van der Waals surface area contributed by atoms with Crippen LogP contribution < -0.4 is 5.32 Å². The summed E-state index contributed by atoms with van der Waals surface area (Å²) in [7, 11) is 0. The SMILES string of the molecule is O=C(O)C1CCCCCN1C(=O)Nc1ccccc1F. The van der Waals surface area contributed by atoms with Gasteiger partial charge in [0.1, 0.15) is 11.9 Å². The molecule has 0 aliphatic carbocycles. The second kappa shape index (κ2) is 6.36. The van der Waals surface area contributed by atoms with Gasteiger partial charge in [0, 0.05) is 6.54 Å². The van der Waals surface area contributed by atoms with Crippen LogP contribution in [0.4, 0.5) is 14.9 Å². The molecule has 1 aliphatic rings. The number of carboxylic acids is 1. The molecule has 1 aromatic rings. The minimum absolute atomic E-state index is 0.0610. The number of likely N-dealkylation sites (tertiary alicyclic amines) is 1. The first-order valence-electron chi connectivity index (χ1n) is 6.64. The highest BCUT2D eigenvalue weighted by molar-refractivity contribution is 5.92. The highest BCUT2D eigenvalue weighted by Gasteiger charge is 2.30. The van der Waals surface area contributed by atoms with E-state index in [0.717, 1.165) is 19.3 Å². The minimum atomic E-state index is -1.02. The summed E-state index contributed by atoms with van der Waals surface area (Å²) in [4.78, 5) is 24.7. The zero-order chi connectivity index (χ0) is 14.5. The number of para-hydroxylation sites is 1. The first-order valence-corrected chi connectivity index (χ1v) is 6.64. The number of benzene rings is 1. The molecule has 0 radical (unpaired) electrons. The van der Waals surface area contributed by atoms with Gasteiger partial charge in [-0.3, -0.25) is 0 Å². The van der Waals surface area contributed by atoms with E-state index in [2.05, 4.69) is 5.32 Å². The molecule has 1 unspecified atom stereocenters. The normalized spacial score (nSPS) is 19.2. The molecule has 108 valence electrons. The molecular weight excluding hydrogens is 263 g/mol. The van der Waals surface area contributed by atoms with E-state index in [1.54, 1.807) is 6.07 Å². The van der Waals surface area contributed by atoms with Gasteiger partial charge in [-0.1, -0.05) is 25.0 Å². The highest BCUT2D eigenvalue weighted by Crippen LogP contribution is 2.19. The van der Waals surface area contributed by atoms with Gasteiger partial charge in [0.15, 0.2) is 0 Å². The third-order valence-electron chi connectivity index (χ3n) is 3.41. The zero-order valence-corrected chi connectivity index (χ0v) is 11.0. The number of carbonyl (C=O) groups is 2. The summed E-state index contributed by atoms with van der Waals surface area (Å²) < 4.78 is 13.5. The second-order valence-corrected chi connectivity index (χ2v) is 4.81. The highest BCUT2D eigenvalue weighted by atomic mass is 19.1. The summed E-state index contributed by atoms with van der Waals surface area (Å²) >= 11 is 0. The Labute approximate surface area is 116 Å². The lowest BCUT2D eigenvalue weighted by atomic mass is 10.1. The van der Waals surface area contributed by atoms with Crippen molar-refractivity contribution in [3.8, 4) is 0 Å². The fraction of sp³-hybridized carbons (Fsp3) is 0.429. The Bertz CT molecular complexity index is 507. The lowest BCUT2D eigenvalue weighted by Crippen LogP contribution is -2.46. The standard InChI is InChI=1S/C14H17FN2O3/c15-10-6-3-4-7-11(10)16-14(20)17-9-5-1-2-8-12(17)13(18)19/h3-4,6-7,12H,1-2,5,8-9H2,(H,16,20)(H,18,19). The Balaban J connectivity index is 2.13. The maximum atomic E-state index is 13.5. The molecule has 0 aromatic heterocycles. The van der Waals surface area contributed by atoms with Crippen molar-refractivity contribution >= 4 is 17.7 Å². The van der Waals surface area contributed by atoms with Gasteiger partial charge in [0.05, 0.1) is 5.69 Å². The van der Waals surface area contributed by atoms with Gasteiger partial charge in [0.2, 0.25) is 0 Å². The smallest absolute Gasteiger partial charge is 0.326 e. The summed E-state index contributed by atoms with van der Waals surface area (Å²) in [6.45, 7) is 0.372. The molecule has 2 N–H and O–H groups in total. The van der Waals surface area contributed by atoms with Crippen molar-refractivity contribution in [3.05, 3.63) is 30.1 Å². The molecule has 2 amide bonds. The predicted molar refractivity (Wildman–Crippen MR) is 72.0 cm³/mol. The first-order chi connectivity index (χ1) is 9.59. The predicted octanol–water partition coefficient (Wildman–Crippen LogP) is 2.69. The van der Waals surface area contributed by atoms with Gasteiger partial charge < -0.3 is 15.3 Å². The summed E-state index contributed by atoms with van der Waals surface area (Å²) in [5, 5.41) is 11.6. The van der Waals surface area contributed by atoms with Crippen molar-refractivity contribution in [2.24, 2.45) is 0 Å². The Morgan fingerprint density at radius 3 is 2.70 bits per heavy atom. The van der Waals surface area contributed by atoms with Gasteiger partial charge in [-0.25, -0.2) is 14.0 Å². The van der Waals surface area contributed by atoms with E-state index in [9.17, 15) is 19.1 Å². The van der Waals surface area contributed by atoms with Crippen LogP contribution >= 0.6 is 0 Å². The lowest BCUT2D eigenvalue weighted by Gasteiger charge is -2.27. The number of amides is 2. The van der Waals surface area contributed by atoms with Crippen LogP contribution in [0.1, 0.15) is 25.7 Å². The second-order valence-electron chi connectivity index (χ2n) is 4.81. The topological polar surface area (TPSA) is 69.6 Å². The fourth-order valence-electron chi connectivity index (χ4n) is 2.36. The molecule has 20 heavy (non-hydrogen) atoms. The molecule has 1 saturated heterocycles. The van der Waals surface area contributed by atoms with Crippen LogP contribution in [0.15, 0.2) is 24.3 Å². The average molecular weight is 280 g/mol. The number of hydrogen-bond donors (Lipinski definition) is 2. The van der Waals surface area contributed by atoms with Crippen LogP contribution in [0.5, 0.6) is 0 Å². The summed E-state index contributed by atoms with van der Waals surface area (Å²) in [6.07, 6.45) is 2.86. The number of aliphatic carboxylic acids is 1. The molecule has 6 heteroatoms. The third-order valence-corrected chi connectivity index (χ3v) is 3.41. The van der Waals surface area contributed by atoms with Gasteiger partial charge in [0.25, 0.3) is 0 Å². The number of rotatable bonds is 2. The van der Waals surface area contributed by atoms with Crippen molar-refractivity contribution in [1.82, 2.24) is 4.90 Å². The average Bonchev–Trinajstić information content (AvgIpc) is 2.67. The number of anilines is 1. The molecule has 1 aromatic carbocycles. The summed E-state index contributed by atoms with van der Waals surface area (Å²) in [5.74, 6) is -1.56. The molecule has 0 saturated carbocycles. The molecule has 1 atom stereocenters. The monoisotopic (exact) mass is 280 g/mol. The molecule has 1 aliphatic heterocycles. The Morgan fingerprint density at radius 2 is 2.00 bits per heavy atom. The van der Waals surface area contributed by atoms with Crippen molar-refractivity contribution in [2.75, 3.05) is 11.9 Å². The molecule has 5 nitrogen and oxygen atoms in total. The number of nitrogens with zero attached hydrogens (tertiary/aromatic N) is 1. The number of nitrogens with one attached hydrogen (secondary N) is 1. The van der Waals surface area contributed by atoms with E-state index in [1.165, 1.54) is 23.1 Å². The van der Waals surface area contributed by atoms with E-state index in [-0.39, 0.29) is 5.69 Å². The van der Waals surface area contributed by atoms with E-state index >= 15 is 0 Å². The van der Waals surface area contributed by atoms with Crippen molar-refractivity contribution < 1.29 is 19.1 Å². The summed E-state index contributed by atoms with van der Waals surface area (Å²) in [6, 6.07) is 4.41. The van der Waals surface area contributed by atoms with E-state index in [1.807, 2.05) is 0 Å². The van der Waals surface area contributed by atoms with Gasteiger partial charge in [-0.05, 0) is 25.0 Å². The minimum Gasteiger partial charge on any atom is -0.480 e. The van der Waals surface area contributed by atoms with Crippen LogP contribution in [0.25, 0.3) is 0 Å². The van der Waals surface area contributed by atoms with E-state index in [4.69, 9.17) is 0 Å². The van der Waals surface area contributed by atoms with Crippen molar-refractivity contribution in [3.63, 3.8) is 0 Å². The maximum Gasteiger partial charge on any atom is 0.326 e. The Morgan fingerprint density at radius 1 is 1.25 bits per heavy atom. The number of urea groups is 1. The Hall–Kier alpha value is -2.11. The maximum absolute atomic E-state index is 13.5. The van der Waals surface area contributed by atoms with E-state index < -0.39 is 23.9 Å². The molecule has 1 heterocycles. The largest absolute Gasteiger partial charge is 0.480 e. The Kier molecular flexibility index (Phi) is 4.55.